The van der Waals surface area contributed by atoms with Crippen molar-refractivity contribution in [3.63, 3.8) is 0 Å². The second-order valence-corrected chi connectivity index (χ2v) is 6.56. The summed E-state index contributed by atoms with van der Waals surface area (Å²) in [6.07, 6.45) is 0. The molecule has 0 saturated carbocycles. The molecule has 1 N–H and O–H groups in total. The van der Waals surface area contributed by atoms with E-state index in [9.17, 15) is 4.79 Å². The highest BCUT2D eigenvalue weighted by atomic mass is 32.2. The third kappa shape index (κ3) is 2.40. The van der Waals surface area contributed by atoms with Gasteiger partial charge in [-0.15, -0.1) is 0 Å². The maximum Gasteiger partial charge on any atom is 0.259 e. The first-order valence-corrected chi connectivity index (χ1v) is 8.74. The van der Waals surface area contributed by atoms with E-state index in [1.807, 2.05) is 48.5 Å². The number of benzene rings is 2. The summed E-state index contributed by atoms with van der Waals surface area (Å²) >= 11 is 1.44. The number of thioether (sulfide) groups is 1. The molecule has 0 atom stereocenters. The van der Waals surface area contributed by atoms with Gasteiger partial charge in [0.1, 0.15) is 5.52 Å². The molecule has 0 saturated heterocycles. The summed E-state index contributed by atoms with van der Waals surface area (Å²) in [5, 5.41) is 0.579. The molecule has 0 aliphatic heterocycles. The Balaban J connectivity index is 1.50. The lowest BCUT2D eigenvalue weighted by molar-refractivity contribution is 0.489. The topological polar surface area (TPSA) is 76.2 Å². The molecule has 5 rings (SSSR count). The zero-order valence-corrected chi connectivity index (χ0v) is 13.8. The highest BCUT2D eigenvalue weighted by molar-refractivity contribution is 7.98. The molecule has 2 aromatic carbocycles. The summed E-state index contributed by atoms with van der Waals surface area (Å²) < 4.78 is 7.28. The number of hydrogen-bond acceptors (Lipinski definition) is 5. The largest absolute Gasteiger partial charge is 0.431 e. The van der Waals surface area contributed by atoms with Crippen molar-refractivity contribution in [2.75, 3.05) is 0 Å². The normalized spacial score (nSPS) is 11.7. The van der Waals surface area contributed by atoms with E-state index in [0.717, 1.165) is 27.8 Å². The molecule has 0 aliphatic rings. The SMILES string of the molecule is O=c1cc(CSc2nc3ccccc3o2)[nH]c2nc3ccccc3n12. The number of nitrogens with one attached hydrogen (secondary N) is 1. The molecular weight excluding hydrogens is 336 g/mol. The van der Waals surface area contributed by atoms with Gasteiger partial charge in [0.2, 0.25) is 5.78 Å². The molecule has 0 spiro atoms. The fourth-order valence-corrected chi connectivity index (χ4v) is 3.60. The highest BCUT2D eigenvalue weighted by Crippen LogP contribution is 2.25. The first kappa shape index (κ1) is 14.3. The predicted molar refractivity (Wildman–Crippen MR) is 96.9 cm³/mol. The minimum Gasteiger partial charge on any atom is -0.431 e. The van der Waals surface area contributed by atoms with Crippen LogP contribution in [0, 0.1) is 0 Å². The van der Waals surface area contributed by atoms with Gasteiger partial charge in [0.05, 0.1) is 11.0 Å². The van der Waals surface area contributed by atoms with E-state index in [1.54, 1.807) is 10.5 Å². The molecule has 0 amide bonds. The van der Waals surface area contributed by atoms with Gasteiger partial charge < -0.3 is 9.40 Å². The van der Waals surface area contributed by atoms with Crippen LogP contribution in [0.2, 0.25) is 0 Å². The summed E-state index contributed by atoms with van der Waals surface area (Å²) in [6, 6.07) is 16.8. The minimum absolute atomic E-state index is 0.101. The van der Waals surface area contributed by atoms with Crippen molar-refractivity contribution in [3.8, 4) is 0 Å². The fourth-order valence-electron chi connectivity index (χ4n) is 2.86. The van der Waals surface area contributed by atoms with E-state index in [4.69, 9.17) is 4.42 Å². The standard InChI is InChI=1S/C18H12N4O2S/c23-16-9-11(10-25-18-21-13-6-2-4-8-15(13)24-18)19-17-20-12-5-1-3-7-14(12)22(16)17/h1-9H,10H2,(H,19,20). The van der Waals surface area contributed by atoms with Gasteiger partial charge in [-0.2, -0.15) is 0 Å². The first-order chi connectivity index (χ1) is 12.3. The van der Waals surface area contributed by atoms with E-state index in [2.05, 4.69) is 15.0 Å². The monoisotopic (exact) mass is 348 g/mol. The Kier molecular flexibility index (Phi) is 3.14. The molecule has 7 heteroatoms. The number of hydrogen-bond donors (Lipinski definition) is 1. The zero-order chi connectivity index (χ0) is 16.8. The third-order valence-corrected chi connectivity index (χ3v) is 4.85. The number of oxazole rings is 1. The summed E-state index contributed by atoms with van der Waals surface area (Å²) in [7, 11) is 0. The van der Waals surface area contributed by atoms with Gasteiger partial charge in [-0.1, -0.05) is 36.0 Å². The van der Waals surface area contributed by atoms with Gasteiger partial charge in [-0.3, -0.25) is 4.79 Å². The van der Waals surface area contributed by atoms with Crippen LogP contribution >= 0.6 is 11.8 Å². The number of fused-ring (bicyclic) bond motifs is 4. The molecule has 25 heavy (non-hydrogen) atoms. The van der Waals surface area contributed by atoms with Crippen LogP contribution in [0.3, 0.4) is 0 Å². The average Bonchev–Trinajstić information content (AvgIpc) is 3.20. The van der Waals surface area contributed by atoms with Crippen molar-refractivity contribution in [2.45, 2.75) is 11.0 Å². The van der Waals surface area contributed by atoms with E-state index in [-0.39, 0.29) is 5.56 Å². The number of aromatic amines is 1. The number of aromatic nitrogens is 4. The van der Waals surface area contributed by atoms with Gasteiger partial charge in [0, 0.05) is 17.5 Å². The molecule has 3 heterocycles. The number of H-pyrrole nitrogens is 1. The van der Waals surface area contributed by atoms with Crippen molar-refractivity contribution >= 4 is 39.7 Å². The van der Waals surface area contributed by atoms with E-state index >= 15 is 0 Å². The lowest BCUT2D eigenvalue weighted by atomic mass is 10.3. The van der Waals surface area contributed by atoms with Crippen molar-refractivity contribution < 1.29 is 4.42 Å². The maximum absolute atomic E-state index is 12.5. The highest BCUT2D eigenvalue weighted by Gasteiger charge is 2.10. The molecule has 3 aromatic heterocycles. The van der Waals surface area contributed by atoms with Gasteiger partial charge in [-0.05, 0) is 24.3 Å². The Morgan fingerprint density at radius 1 is 1.04 bits per heavy atom. The Bertz CT molecular complexity index is 1250. The minimum atomic E-state index is -0.101. The van der Waals surface area contributed by atoms with Crippen LogP contribution in [0.25, 0.3) is 27.9 Å². The van der Waals surface area contributed by atoms with Crippen molar-refractivity contribution in [3.05, 3.63) is 70.6 Å². The van der Waals surface area contributed by atoms with Crippen molar-refractivity contribution in [1.82, 2.24) is 19.4 Å². The molecule has 5 aromatic rings. The van der Waals surface area contributed by atoms with E-state index in [1.165, 1.54) is 11.8 Å². The molecule has 0 radical (unpaired) electrons. The average molecular weight is 348 g/mol. The first-order valence-electron chi connectivity index (χ1n) is 7.76. The molecule has 0 unspecified atom stereocenters. The van der Waals surface area contributed by atoms with Crippen LogP contribution in [0.4, 0.5) is 0 Å². The Labute approximate surface area is 145 Å². The molecule has 122 valence electrons. The van der Waals surface area contributed by atoms with Gasteiger partial charge in [-0.25, -0.2) is 14.4 Å². The summed E-state index contributed by atoms with van der Waals surface area (Å²) in [4.78, 5) is 24.6. The van der Waals surface area contributed by atoms with Gasteiger partial charge in [0.25, 0.3) is 10.8 Å². The maximum atomic E-state index is 12.5. The number of para-hydroxylation sites is 4. The van der Waals surface area contributed by atoms with Crippen LogP contribution in [0.5, 0.6) is 0 Å². The smallest absolute Gasteiger partial charge is 0.259 e. The molecule has 0 fully saturated rings. The molecule has 6 nitrogen and oxygen atoms in total. The summed E-state index contributed by atoms with van der Waals surface area (Å²) in [6.45, 7) is 0. The molecule has 0 aliphatic carbocycles. The molecular formula is C18H12N4O2S. The predicted octanol–water partition coefficient (Wildman–Crippen LogP) is 3.61. The lowest BCUT2D eigenvalue weighted by Crippen LogP contribution is -2.14. The van der Waals surface area contributed by atoms with Crippen LogP contribution in [0.15, 0.2) is 69.0 Å². The second-order valence-electron chi connectivity index (χ2n) is 5.63. The van der Waals surface area contributed by atoms with Crippen LogP contribution in [-0.2, 0) is 5.75 Å². The van der Waals surface area contributed by atoms with Crippen molar-refractivity contribution in [2.24, 2.45) is 0 Å². The summed E-state index contributed by atoms with van der Waals surface area (Å²) in [5.74, 6) is 1.09. The number of nitrogens with zero attached hydrogens (tertiary/aromatic N) is 3. The number of imidazole rings is 1. The van der Waals surface area contributed by atoms with E-state index < -0.39 is 0 Å². The van der Waals surface area contributed by atoms with Crippen LogP contribution in [-0.4, -0.2) is 19.4 Å². The van der Waals surface area contributed by atoms with E-state index in [0.29, 0.717) is 16.8 Å². The van der Waals surface area contributed by atoms with Crippen LogP contribution < -0.4 is 5.56 Å². The Morgan fingerprint density at radius 2 is 1.84 bits per heavy atom. The second kappa shape index (κ2) is 5.49. The molecule has 0 bridgehead atoms. The van der Waals surface area contributed by atoms with Crippen LogP contribution in [0.1, 0.15) is 5.69 Å². The Morgan fingerprint density at radius 3 is 2.72 bits per heavy atom. The quantitative estimate of drug-likeness (QED) is 0.504. The lowest BCUT2D eigenvalue weighted by Gasteiger charge is -2.00. The fraction of sp³-hybridized carbons (Fsp3) is 0.0556. The van der Waals surface area contributed by atoms with Gasteiger partial charge in [0.15, 0.2) is 5.58 Å². The van der Waals surface area contributed by atoms with Gasteiger partial charge >= 0.3 is 0 Å². The van der Waals surface area contributed by atoms with Crippen molar-refractivity contribution in [1.29, 1.82) is 0 Å². The zero-order valence-electron chi connectivity index (χ0n) is 13.0. The number of rotatable bonds is 3. The Hall–Kier alpha value is -3.06. The summed E-state index contributed by atoms with van der Waals surface area (Å²) in [5.41, 5.74) is 3.86. The third-order valence-electron chi connectivity index (χ3n) is 3.98.